The van der Waals surface area contributed by atoms with Crippen molar-refractivity contribution in [2.45, 2.75) is 12.8 Å². The Balaban J connectivity index is 1.87. The van der Waals surface area contributed by atoms with E-state index >= 15 is 0 Å². The number of methoxy groups -OCH3 is 1. The Bertz CT molecular complexity index is 478. The number of carbonyl (C=O) groups is 2. The maximum Gasteiger partial charge on any atom is 0.321 e. The maximum absolute atomic E-state index is 12.0. The molecule has 0 aliphatic carbocycles. The van der Waals surface area contributed by atoms with Crippen LogP contribution in [-0.2, 0) is 4.79 Å². The number of benzene rings is 1. The number of hydrogen-bond acceptors (Lipinski definition) is 3. The first-order valence-corrected chi connectivity index (χ1v) is 6.53. The van der Waals surface area contributed by atoms with Crippen molar-refractivity contribution in [3.63, 3.8) is 0 Å². The minimum Gasteiger partial charge on any atom is -0.497 e. The molecule has 2 N–H and O–H groups in total. The lowest BCUT2D eigenvalue weighted by atomic mass is 9.97. The number of anilines is 1. The van der Waals surface area contributed by atoms with Crippen molar-refractivity contribution >= 4 is 17.7 Å². The number of nitrogens with zero attached hydrogens (tertiary/aromatic N) is 1. The number of carboxylic acids is 1. The van der Waals surface area contributed by atoms with Crippen molar-refractivity contribution in [2.24, 2.45) is 5.92 Å². The Morgan fingerprint density at radius 1 is 1.25 bits per heavy atom. The van der Waals surface area contributed by atoms with E-state index in [4.69, 9.17) is 9.84 Å². The van der Waals surface area contributed by atoms with Gasteiger partial charge in [0.05, 0.1) is 13.0 Å². The number of hydrogen-bond donors (Lipinski definition) is 2. The molecule has 0 spiro atoms. The number of nitrogens with one attached hydrogen (secondary N) is 1. The van der Waals surface area contributed by atoms with Crippen LogP contribution >= 0.6 is 0 Å². The second kappa shape index (κ2) is 6.27. The van der Waals surface area contributed by atoms with Crippen LogP contribution in [0.5, 0.6) is 5.75 Å². The highest BCUT2D eigenvalue weighted by molar-refractivity contribution is 5.89. The zero-order valence-corrected chi connectivity index (χ0v) is 11.3. The molecule has 6 heteroatoms. The van der Waals surface area contributed by atoms with Crippen LogP contribution in [0.2, 0.25) is 0 Å². The fourth-order valence-corrected chi connectivity index (χ4v) is 2.21. The number of aliphatic carboxylic acids is 1. The number of ether oxygens (including phenoxy) is 1. The smallest absolute Gasteiger partial charge is 0.321 e. The predicted octanol–water partition coefficient (Wildman–Crippen LogP) is 2.02. The normalized spacial score (nSPS) is 15.8. The first kappa shape index (κ1) is 14.2. The number of rotatable bonds is 3. The lowest BCUT2D eigenvalue weighted by Gasteiger charge is -2.30. The summed E-state index contributed by atoms with van der Waals surface area (Å²) in [4.78, 5) is 24.5. The Morgan fingerprint density at radius 2 is 1.85 bits per heavy atom. The molecule has 108 valence electrons. The second-order valence-corrected chi connectivity index (χ2v) is 4.76. The maximum atomic E-state index is 12.0. The molecule has 1 aromatic rings. The highest BCUT2D eigenvalue weighted by atomic mass is 16.5. The molecule has 1 aliphatic rings. The van der Waals surface area contributed by atoms with Crippen molar-refractivity contribution in [3.05, 3.63) is 24.3 Å². The van der Waals surface area contributed by atoms with Crippen LogP contribution in [0.1, 0.15) is 12.8 Å². The van der Waals surface area contributed by atoms with Gasteiger partial charge in [-0.05, 0) is 37.1 Å². The Labute approximate surface area is 117 Å². The van der Waals surface area contributed by atoms with Gasteiger partial charge in [0.2, 0.25) is 0 Å². The van der Waals surface area contributed by atoms with E-state index in [1.54, 1.807) is 36.3 Å². The molecule has 0 saturated carbocycles. The first-order valence-electron chi connectivity index (χ1n) is 6.53. The summed E-state index contributed by atoms with van der Waals surface area (Å²) in [7, 11) is 1.58. The molecule has 0 aromatic heterocycles. The fraction of sp³-hybridized carbons (Fsp3) is 0.429. The average molecular weight is 278 g/mol. The minimum atomic E-state index is -0.778. The van der Waals surface area contributed by atoms with E-state index in [9.17, 15) is 9.59 Å². The highest BCUT2D eigenvalue weighted by Crippen LogP contribution is 2.19. The van der Waals surface area contributed by atoms with Gasteiger partial charge in [-0.25, -0.2) is 4.79 Å². The van der Waals surface area contributed by atoms with Gasteiger partial charge < -0.3 is 20.1 Å². The molecule has 20 heavy (non-hydrogen) atoms. The zero-order chi connectivity index (χ0) is 14.5. The Kier molecular flexibility index (Phi) is 4.45. The molecule has 6 nitrogen and oxygen atoms in total. The summed E-state index contributed by atoms with van der Waals surface area (Å²) in [5, 5.41) is 11.7. The third-order valence-electron chi connectivity index (χ3n) is 3.47. The van der Waals surface area contributed by atoms with Crippen molar-refractivity contribution in [1.82, 2.24) is 4.90 Å². The summed E-state index contributed by atoms with van der Waals surface area (Å²) >= 11 is 0. The summed E-state index contributed by atoms with van der Waals surface area (Å²) in [5.74, 6) is -0.384. The number of carbonyl (C=O) groups excluding carboxylic acids is 1. The van der Waals surface area contributed by atoms with Gasteiger partial charge in [-0.15, -0.1) is 0 Å². The number of amides is 2. The number of piperidine rings is 1. The Morgan fingerprint density at radius 3 is 2.35 bits per heavy atom. The van der Waals surface area contributed by atoms with Crippen LogP contribution < -0.4 is 10.1 Å². The van der Waals surface area contributed by atoms with E-state index in [0.29, 0.717) is 31.6 Å². The lowest BCUT2D eigenvalue weighted by Crippen LogP contribution is -2.42. The van der Waals surface area contributed by atoms with Crippen LogP contribution in [0, 0.1) is 5.92 Å². The first-order chi connectivity index (χ1) is 9.60. The van der Waals surface area contributed by atoms with Gasteiger partial charge in [0.1, 0.15) is 5.75 Å². The largest absolute Gasteiger partial charge is 0.497 e. The quantitative estimate of drug-likeness (QED) is 0.886. The van der Waals surface area contributed by atoms with Crippen molar-refractivity contribution in [1.29, 1.82) is 0 Å². The van der Waals surface area contributed by atoms with E-state index in [0.717, 1.165) is 5.75 Å². The standard InChI is InChI=1S/C14H18N2O4/c1-20-12-4-2-11(3-5-12)15-14(19)16-8-6-10(7-9-16)13(17)18/h2-5,10H,6-9H2,1H3,(H,15,19)(H,17,18). The molecule has 1 saturated heterocycles. The molecule has 0 bridgehead atoms. The van der Waals surface area contributed by atoms with Crippen molar-refractivity contribution in [2.75, 3.05) is 25.5 Å². The van der Waals surface area contributed by atoms with Gasteiger partial charge in [0.25, 0.3) is 0 Å². The van der Waals surface area contributed by atoms with Gasteiger partial charge >= 0.3 is 12.0 Å². The van der Waals surface area contributed by atoms with Gasteiger partial charge in [0, 0.05) is 18.8 Å². The fourth-order valence-electron chi connectivity index (χ4n) is 2.21. The molecule has 0 unspecified atom stereocenters. The topological polar surface area (TPSA) is 78.9 Å². The summed E-state index contributed by atoms with van der Waals surface area (Å²) in [5.41, 5.74) is 0.691. The lowest BCUT2D eigenvalue weighted by molar-refractivity contribution is -0.143. The predicted molar refractivity (Wildman–Crippen MR) is 73.9 cm³/mol. The summed E-state index contributed by atoms with van der Waals surface area (Å²) < 4.78 is 5.05. The van der Waals surface area contributed by atoms with E-state index in [1.807, 2.05) is 0 Å². The van der Waals surface area contributed by atoms with E-state index in [2.05, 4.69) is 5.32 Å². The van der Waals surface area contributed by atoms with Gasteiger partial charge in [-0.1, -0.05) is 0 Å². The van der Waals surface area contributed by atoms with Crippen molar-refractivity contribution < 1.29 is 19.4 Å². The number of likely N-dealkylation sites (tertiary alicyclic amines) is 1. The molecule has 2 amide bonds. The molecular weight excluding hydrogens is 260 g/mol. The molecule has 1 heterocycles. The van der Waals surface area contributed by atoms with Crippen LogP contribution in [0.25, 0.3) is 0 Å². The monoisotopic (exact) mass is 278 g/mol. The SMILES string of the molecule is COc1ccc(NC(=O)N2CCC(C(=O)O)CC2)cc1. The van der Waals surface area contributed by atoms with Crippen LogP contribution in [0.3, 0.4) is 0 Å². The van der Waals surface area contributed by atoms with Crippen LogP contribution in [0.15, 0.2) is 24.3 Å². The summed E-state index contributed by atoms with van der Waals surface area (Å²) in [6.45, 7) is 0.942. The minimum absolute atomic E-state index is 0.195. The molecule has 0 atom stereocenters. The molecule has 1 aliphatic heterocycles. The summed E-state index contributed by atoms with van der Waals surface area (Å²) in [6, 6.07) is 6.87. The molecule has 1 fully saturated rings. The van der Waals surface area contributed by atoms with E-state index < -0.39 is 5.97 Å². The zero-order valence-electron chi connectivity index (χ0n) is 11.3. The third-order valence-corrected chi connectivity index (χ3v) is 3.47. The van der Waals surface area contributed by atoms with Crippen LogP contribution in [0.4, 0.5) is 10.5 Å². The van der Waals surface area contributed by atoms with Crippen molar-refractivity contribution in [3.8, 4) is 5.75 Å². The average Bonchev–Trinajstić information content (AvgIpc) is 2.48. The molecule has 1 aromatic carbocycles. The summed E-state index contributed by atoms with van der Waals surface area (Å²) in [6.07, 6.45) is 1.01. The van der Waals surface area contributed by atoms with Gasteiger partial charge in [-0.3, -0.25) is 4.79 Å². The van der Waals surface area contributed by atoms with E-state index in [1.165, 1.54) is 0 Å². The molecule has 2 rings (SSSR count). The van der Waals surface area contributed by atoms with Crippen LogP contribution in [-0.4, -0.2) is 42.2 Å². The third kappa shape index (κ3) is 3.40. The number of urea groups is 1. The highest BCUT2D eigenvalue weighted by Gasteiger charge is 2.26. The van der Waals surface area contributed by atoms with Gasteiger partial charge in [-0.2, -0.15) is 0 Å². The van der Waals surface area contributed by atoms with E-state index in [-0.39, 0.29) is 11.9 Å². The van der Waals surface area contributed by atoms with Gasteiger partial charge in [0.15, 0.2) is 0 Å². The molecular formula is C14H18N2O4. The second-order valence-electron chi connectivity index (χ2n) is 4.76. The number of carboxylic acid groups (broad SMARTS) is 1. The Hall–Kier alpha value is -2.24. The molecule has 0 radical (unpaired) electrons.